The van der Waals surface area contributed by atoms with Crippen molar-refractivity contribution in [3.8, 4) is 39.1 Å². The number of hydrogen-bond donors (Lipinski definition) is 3. The Kier molecular flexibility index (Phi) is 12.6. The molecule has 3 N–H and O–H groups in total. The summed E-state index contributed by atoms with van der Waals surface area (Å²) in [5.41, 5.74) is 2.25. The molecule has 0 spiro atoms. The van der Waals surface area contributed by atoms with Gasteiger partial charge in [0.1, 0.15) is 27.4 Å². The van der Waals surface area contributed by atoms with Gasteiger partial charge in [0, 0.05) is 55.5 Å². The van der Waals surface area contributed by atoms with E-state index in [1.165, 1.54) is 30.8 Å². The number of benzene rings is 2. The molecule has 0 bridgehead atoms. The number of piperidine rings is 1. The molecule has 4 aromatic rings. The molecule has 1 aliphatic heterocycles. The highest BCUT2D eigenvalue weighted by Gasteiger charge is 2.38. The lowest BCUT2D eigenvalue weighted by Gasteiger charge is -2.32. The van der Waals surface area contributed by atoms with Crippen molar-refractivity contribution < 1.29 is 50.5 Å². The fourth-order valence-electron chi connectivity index (χ4n) is 4.78. The second kappa shape index (κ2) is 16.4. The number of likely N-dealkylation sites (tertiary alicyclic amines) is 1. The molecule has 0 amide bonds. The number of carbonyl (C=O) groups is 1. The predicted octanol–water partition coefficient (Wildman–Crippen LogP) is 5.95. The van der Waals surface area contributed by atoms with Crippen LogP contribution in [0.5, 0.6) is 17.2 Å². The van der Waals surface area contributed by atoms with Crippen LogP contribution in [-0.4, -0.2) is 95.5 Å². The quantitative estimate of drug-likeness (QED) is 0.155. The first-order valence-corrected chi connectivity index (χ1v) is 18.1. The predicted molar refractivity (Wildman–Crippen MR) is 179 cm³/mol. The number of aromatic hydroxyl groups is 1. The number of thiazole rings is 1. The number of phenolic OH excluding ortho intramolecular Hbond substituents is 1. The molecule has 0 radical (unpaired) electrons. The molecule has 18 heteroatoms. The molecule has 0 saturated carbocycles. The molecule has 2 aromatic carbocycles. The summed E-state index contributed by atoms with van der Waals surface area (Å²) in [6, 6.07) is 11.5. The molecule has 50 heavy (non-hydrogen) atoms. The van der Waals surface area contributed by atoms with Crippen LogP contribution in [0.25, 0.3) is 21.8 Å². The van der Waals surface area contributed by atoms with Crippen molar-refractivity contribution in [2.24, 2.45) is 0 Å². The summed E-state index contributed by atoms with van der Waals surface area (Å²) in [5, 5.41) is 21.8. The van der Waals surface area contributed by atoms with Crippen LogP contribution in [0, 0.1) is 5.82 Å². The Hall–Kier alpha value is -4.55. The summed E-state index contributed by atoms with van der Waals surface area (Å²) in [7, 11) is -1.47. The second-order valence-corrected chi connectivity index (χ2v) is 14.5. The van der Waals surface area contributed by atoms with Gasteiger partial charge >= 0.3 is 12.1 Å². The van der Waals surface area contributed by atoms with E-state index >= 15 is 4.39 Å². The number of phenols is 1. The van der Waals surface area contributed by atoms with Crippen molar-refractivity contribution in [2.45, 2.75) is 38.5 Å². The Balaban J connectivity index is 0.000000727. The van der Waals surface area contributed by atoms with E-state index in [1.54, 1.807) is 42.6 Å². The Bertz CT molecular complexity index is 1900. The van der Waals surface area contributed by atoms with Crippen LogP contribution >= 0.6 is 11.3 Å². The Morgan fingerprint density at radius 1 is 1.12 bits per heavy atom. The zero-order valence-corrected chi connectivity index (χ0v) is 28.8. The van der Waals surface area contributed by atoms with Gasteiger partial charge in [0.15, 0.2) is 11.6 Å². The lowest BCUT2D eigenvalue weighted by Crippen LogP contribution is -2.40. The summed E-state index contributed by atoms with van der Waals surface area (Å²) >= 11 is 1.49. The van der Waals surface area contributed by atoms with E-state index in [-0.39, 0.29) is 29.3 Å². The van der Waals surface area contributed by atoms with Gasteiger partial charge < -0.3 is 29.9 Å². The average Bonchev–Trinajstić information content (AvgIpc) is 3.49. The molecule has 0 aliphatic carbocycles. The van der Waals surface area contributed by atoms with Gasteiger partial charge in [0.25, 0.3) is 0 Å². The zero-order chi connectivity index (χ0) is 36.6. The third kappa shape index (κ3) is 10.7. The van der Waals surface area contributed by atoms with Crippen LogP contribution in [0.3, 0.4) is 0 Å². The number of carboxylic acid groups (broad SMARTS) is 1. The molecular weight excluding hydrogens is 707 g/mol. The van der Waals surface area contributed by atoms with Crippen LogP contribution in [-0.2, 0) is 21.1 Å². The molecule has 2 aromatic heterocycles. The number of alkyl halides is 3. The van der Waals surface area contributed by atoms with Gasteiger partial charge in [-0.1, -0.05) is 6.92 Å². The molecule has 1 saturated heterocycles. The van der Waals surface area contributed by atoms with Crippen LogP contribution in [0.15, 0.2) is 48.7 Å². The number of nitrogens with zero attached hydrogens (tertiary/aromatic N) is 4. The zero-order valence-electron chi connectivity index (χ0n) is 27.2. The minimum Gasteiger partial charge on any atom is -0.507 e. The summed E-state index contributed by atoms with van der Waals surface area (Å²) < 4.78 is 80.8. The Labute approximate surface area is 289 Å². The maximum atomic E-state index is 15.0. The number of nitrogens with one attached hydrogen (secondary N) is 1. The first-order valence-electron chi connectivity index (χ1n) is 15.2. The van der Waals surface area contributed by atoms with Gasteiger partial charge in [-0.15, -0.1) is 11.3 Å². The van der Waals surface area contributed by atoms with Crippen LogP contribution < -0.4 is 14.8 Å². The van der Waals surface area contributed by atoms with E-state index < -0.39 is 27.8 Å². The van der Waals surface area contributed by atoms with Crippen molar-refractivity contribution in [2.75, 3.05) is 44.1 Å². The van der Waals surface area contributed by atoms with E-state index in [2.05, 4.69) is 20.2 Å². The normalized spacial score (nSPS) is 14.1. The molecule has 0 atom stereocenters. The van der Waals surface area contributed by atoms with E-state index in [4.69, 9.17) is 24.4 Å². The van der Waals surface area contributed by atoms with E-state index in [0.29, 0.717) is 60.9 Å². The smallest absolute Gasteiger partial charge is 0.490 e. The number of halogens is 4. The van der Waals surface area contributed by atoms with E-state index in [0.717, 1.165) is 16.3 Å². The average molecular weight is 742 g/mol. The van der Waals surface area contributed by atoms with E-state index in [9.17, 15) is 26.7 Å². The number of methoxy groups -OCH3 is 1. The number of hydrogen-bond acceptors (Lipinski definition) is 12. The summed E-state index contributed by atoms with van der Waals surface area (Å²) in [4.78, 5) is 25.5. The molecule has 5 rings (SSSR count). The molecule has 1 aliphatic rings. The minimum atomic E-state index is -5.08. The maximum absolute atomic E-state index is 15.0. The molecule has 0 unspecified atom stereocenters. The first-order chi connectivity index (χ1) is 23.6. The van der Waals surface area contributed by atoms with Crippen molar-refractivity contribution in [3.63, 3.8) is 0 Å². The summed E-state index contributed by atoms with van der Waals surface area (Å²) in [6.07, 6.45) is -0.267. The minimum absolute atomic E-state index is 0.0521. The van der Waals surface area contributed by atoms with Crippen molar-refractivity contribution >= 4 is 38.8 Å². The first kappa shape index (κ1) is 38.3. The maximum Gasteiger partial charge on any atom is 0.490 e. The lowest BCUT2D eigenvalue weighted by molar-refractivity contribution is -0.192. The highest BCUT2D eigenvalue weighted by Crippen LogP contribution is 2.41. The topological polar surface area (TPSA) is 164 Å². The molecular formula is C32H35F4N5O7S2. The van der Waals surface area contributed by atoms with Crippen LogP contribution in [0.1, 0.15) is 24.8 Å². The number of aliphatic carboxylic acids is 1. The number of carboxylic acids is 1. The highest BCUT2D eigenvalue weighted by atomic mass is 32.2. The number of aromatic nitrogens is 3. The van der Waals surface area contributed by atoms with Gasteiger partial charge in [0.2, 0.25) is 5.95 Å². The second-order valence-electron chi connectivity index (χ2n) is 11.1. The SMILES string of the molecule is CCc1nc(-c2ccc(OC)cc2O)c(-c2ccnc(Nc3ccc(OC4CCN(CCS(C)(=O)=O)CC4)c(F)c3)n2)s1.O=C(O)C(F)(F)F. The highest BCUT2D eigenvalue weighted by molar-refractivity contribution is 7.90. The fraction of sp³-hybridized carbons (Fsp3) is 0.375. The largest absolute Gasteiger partial charge is 0.507 e. The third-order valence-corrected chi connectivity index (χ3v) is 9.51. The number of aryl methyl sites for hydroxylation is 1. The molecule has 1 fully saturated rings. The molecule has 270 valence electrons. The fourth-order valence-corrected chi connectivity index (χ4v) is 6.36. The van der Waals surface area contributed by atoms with Gasteiger partial charge in [-0.3, -0.25) is 0 Å². The molecule has 12 nitrogen and oxygen atoms in total. The van der Waals surface area contributed by atoms with Gasteiger partial charge in [-0.2, -0.15) is 13.2 Å². The number of anilines is 2. The van der Waals surface area contributed by atoms with Crippen molar-refractivity contribution in [1.82, 2.24) is 19.9 Å². The van der Waals surface area contributed by atoms with Crippen molar-refractivity contribution in [1.29, 1.82) is 0 Å². The van der Waals surface area contributed by atoms with Gasteiger partial charge in [0.05, 0.1) is 34.1 Å². The van der Waals surface area contributed by atoms with Crippen LogP contribution in [0.2, 0.25) is 0 Å². The number of rotatable bonds is 11. The van der Waals surface area contributed by atoms with Gasteiger partial charge in [-0.05, 0) is 49.6 Å². The summed E-state index contributed by atoms with van der Waals surface area (Å²) in [5.74, 6) is -2.10. The molecule has 3 heterocycles. The number of ether oxygens (including phenoxy) is 2. The monoisotopic (exact) mass is 741 g/mol. The van der Waals surface area contributed by atoms with Crippen molar-refractivity contribution in [3.05, 3.63) is 59.5 Å². The Morgan fingerprint density at radius 3 is 2.40 bits per heavy atom. The number of sulfone groups is 1. The van der Waals surface area contributed by atoms with E-state index in [1.807, 2.05) is 6.92 Å². The van der Waals surface area contributed by atoms with Crippen LogP contribution in [0.4, 0.5) is 29.2 Å². The lowest BCUT2D eigenvalue weighted by atomic mass is 10.1. The van der Waals surface area contributed by atoms with Gasteiger partial charge in [-0.25, -0.2) is 32.6 Å². The third-order valence-electron chi connectivity index (χ3n) is 7.36. The Morgan fingerprint density at radius 2 is 1.82 bits per heavy atom. The standard InChI is InChI=1S/C30H34FN5O5S2.C2HF3O2/c1-4-27-35-28(22-7-6-21(40-2)18-25(22)37)29(42-27)24-9-12-32-30(34-24)33-19-5-8-26(23(31)17-19)41-20-10-13-36(14-11-20)15-16-43(3,38)39;3-2(4,5)1(6)7/h5-9,12,17-18,20,37H,4,10-11,13-16H2,1-3H3,(H,32,33,34);(H,6,7). The summed E-state index contributed by atoms with van der Waals surface area (Å²) in [6.45, 7) is 3.92.